The van der Waals surface area contributed by atoms with Crippen LogP contribution < -0.4 is 5.32 Å². The molecule has 0 saturated heterocycles. The van der Waals surface area contributed by atoms with Gasteiger partial charge in [0.25, 0.3) is 0 Å². The minimum Gasteiger partial charge on any atom is -0.381 e. The fourth-order valence-corrected chi connectivity index (χ4v) is 1.94. The van der Waals surface area contributed by atoms with Crippen molar-refractivity contribution in [2.75, 3.05) is 11.6 Å². The van der Waals surface area contributed by atoms with Crippen molar-refractivity contribution >= 4 is 17.4 Å². The van der Waals surface area contributed by atoms with E-state index in [2.05, 4.69) is 10.3 Å². The van der Waals surface area contributed by atoms with Crippen molar-refractivity contribution in [2.45, 2.75) is 11.4 Å². The molecule has 0 amide bonds. The van der Waals surface area contributed by atoms with Gasteiger partial charge in [-0.15, -0.1) is 11.8 Å². The molecule has 2 nitrogen and oxygen atoms in total. The SMILES string of the molecule is CSc1ccc(NCc2cccnc2)cc1F. The molecule has 0 radical (unpaired) electrons. The van der Waals surface area contributed by atoms with Gasteiger partial charge in [-0.25, -0.2) is 4.39 Å². The van der Waals surface area contributed by atoms with E-state index in [0.29, 0.717) is 11.4 Å². The molecule has 0 spiro atoms. The van der Waals surface area contributed by atoms with Gasteiger partial charge in [0, 0.05) is 29.5 Å². The van der Waals surface area contributed by atoms with E-state index in [-0.39, 0.29) is 5.82 Å². The van der Waals surface area contributed by atoms with Crippen molar-refractivity contribution in [3.63, 3.8) is 0 Å². The van der Waals surface area contributed by atoms with Crippen molar-refractivity contribution in [1.29, 1.82) is 0 Å². The highest BCUT2D eigenvalue weighted by molar-refractivity contribution is 7.98. The lowest BCUT2D eigenvalue weighted by Crippen LogP contribution is -2.00. The molecule has 0 bridgehead atoms. The van der Waals surface area contributed by atoms with E-state index < -0.39 is 0 Å². The zero-order valence-electron chi connectivity index (χ0n) is 9.48. The number of hydrogen-bond acceptors (Lipinski definition) is 3. The van der Waals surface area contributed by atoms with Gasteiger partial charge < -0.3 is 5.32 Å². The van der Waals surface area contributed by atoms with Crippen molar-refractivity contribution in [3.8, 4) is 0 Å². The summed E-state index contributed by atoms with van der Waals surface area (Å²) in [5.74, 6) is -0.186. The number of nitrogens with zero attached hydrogens (tertiary/aromatic N) is 1. The highest BCUT2D eigenvalue weighted by Gasteiger charge is 2.02. The van der Waals surface area contributed by atoms with Gasteiger partial charge in [-0.05, 0) is 36.1 Å². The summed E-state index contributed by atoms with van der Waals surface area (Å²) in [7, 11) is 0. The highest BCUT2D eigenvalue weighted by atomic mass is 32.2. The predicted molar refractivity (Wildman–Crippen MR) is 69.7 cm³/mol. The Kier molecular flexibility index (Phi) is 3.98. The van der Waals surface area contributed by atoms with Crippen LogP contribution in [-0.2, 0) is 6.54 Å². The van der Waals surface area contributed by atoms with E-state index in [4.69, 9.17) is 0 Å². The third kappa shape index (κ3) is 3.20. The van der Waals surface area contributed by atoms with Crippen LogP contribution in [0.25, 0.3) is 0 Å². The molecule has 88 valence electrons. The van der Waals surface area contributed by atoms with Gasteiger partial charge in [0.1, 0.15) is 5.82 Å². The van der Waals surface area contributed by atoms with E-state index >= 15 is 0 Å². The summed E-state index contributed by atoms with van der Waals surface area (Å²) in [6, 6.07) is 9.04. The molecular formula is C13H13FN2S. The predicted octanol–water partition coefficient (Wildman–Crippen LogP) is 3.55. The maximum Gasteiger partial charge on any atom is 0.138 e. The molecule has 0 fully saturated rings. The third-order valence-electron chi connectivity index (χ3n) is 2.37. The minimum atomic E-state index is -0.186. The minimum absolute atomic E-state index is 0.186. The Morgan fingerprint density at radius 1 is 1.35 bits per heavy atom. The molecule has 1 N–H and O–H groups in total. The summed E-state index contributed by atoms with van der Waals surface area (Å²) in [6.45, 7) is 0.645. The summed E-state index contributed by atoms with van der Waals surface area (Å²) >= 11 is 1.41. The van der Waals surface area contributed by atoms with Crippen LogP contribution in [0.2, 0.25) is 0 Å². The largest absolute Gasteiger partial charge is 0.381 e. The molecule has 1 aromatic carbocycles. The molecular weight excluding hydrogens is 235 g/mol. The van der Waals surface area contributed by atoms with Gasteiger partial charge in [-0.3, -0.25) is 4.98 Å². The molecule has 0 unspecified atom stereocenters. The Balaban J connectivity index is 2.02. The van der Waals surface area contributed by atoms with E-state index in [1.165, 1.54) is 17.8 Å². The molecule has 1 heterocycles. The monoisotopic (exact) mass is 248 g/mol. The number of benzene rings is 1. The van der Waals surface area contributed by atoms with Crippen molar-refractivity contribution < 1.29 is 4.39 Å². The van der Waals surface area contributed by atoms with Crippen LogP contribution in [0.4, 0.5) is 10.1 Å². The van der Waals surface area contributed by atoms with Crippen molar-refractivity contribution in [2.24, 2.45) is 0 Å². The topological polar surface area (TPSA) is 24.9 Å². The van der Waals surface area contributed by atoms with Gasteiger partial charge >= 0.3 is 0 Å². The first-order valence-electron chi connectivity index (χ1n) is 5.26. The maximum absolute atomic E-state index is 13.5. The molecule has 4 heteroatoms. The van der Waals surface area contributed by atoms with Gasteiger partial charge in [-0.1, -0.05) is 6.07 Å². The molecule has 2 rings (SSSR count). The fourth-order valence-electron chi connectivity index (χ4n) is 1.48. The van der Waals surface area contributed by atoms with E-state index in [1.807, 2.05) is 24.5 Å². The fraction of sp³-hybridized carbons (Fsp3) is 0.154. The van der Waals surface area contributed by atoms with E-state index in [9.17, 15) is 4.39 Å². The van der Waals surface area contributed by atoms with Crippen LogP contribution in [-0.4, -0.2) is 11.2 Å². The van der Waals surface area contributed by atoms with Crippen molar-refractivity contribution in [3.05, 3.63) is 54.1 Å². The summed E-state index contributed by atoms with van der Waals surface area (Å²) < 4.78 is 13.5. The summed E-state index contributed by atoms with van der Waals surface area (Å²) in [5.41, 5.74) is 1.85. The Labute approximate surface area is 104 Å². The van der Waals surface area contributed by atoms with Crippen LogP contribution >= 0.6 is 11.8 Å². The second kappa shape index (κ2) is 5.68. The normalized spacial score (nSPS) is 10.2. The number of thioether (sulfide) groups is 1. The quantitative estimate of drug-likeness (QED) is 0.837. The Hall–Kier alpha value is -1.55. The number of anilines is 1. The zero-order chi connectivity index (χ0) is 12.1. The zero-order valence-corrected chi connectivity index (χ0v) is 10.3. The number of aromatic nitrogens is 1. The molecule has 0 aliphatic carbocycles. The lowest BCUT2D eigenvalue weighted by molar-refractivity contribution is 0.602. The number of rotatable bonds is 4. The van der Waals surface area contributed by atoms with Crippen LogP contribution in [0.15, 0.2) is 47.6 Å². The second-order valence-corrected chi connectivity index (χ2v) is 4.41. The highest BCUT2D eigenvalue weighted by Crippen LogP contribution is 2.22. The standard InChI is InChI=1S/C13H13FN2S/c1-17-13-5-4-11(7-12(13)14)16-9-10-3-2-6-15-8-10/h2-8,16H,9H2,1H3. The number of pyridine rings is 1. The van der Waals surface area contributed by atoms with Gasteiger partial charge in [0.05, 0.1) is 0 Å². The van der Waals surface area contributed by atoms with Gasteiger partial charge in [0.15, 0.2) is 0 Å². The smallest absolute Gasteiger partial charge is 0.138 e. The second-order valence-electron chi connectivity index (χ2n) is 3.56. The van der Waals surface area contributed by atoms with Crippen LogP contribution in [0.5, 0.6) is 0 Å². The number of nitrogens with one attached hydrogen (secondary N) is 1. The first-order valence-corrected chi connectivity index (χ1v) is 6.48. The van der Waals surface area contributed by atoms with Crippen LogP contribution in [0, 0.1) is 5.82 Å². The Morgan fingerprint density at radius 2 is 2.24 bits per heavy atom. The first-order chi connectivity index (χ1) is 8.29. The molecule has 0 aliphatic rings. The van der Waals surface area contributed by atoms with E-state index in [1.54, 1.807) is 18.5 Å². The average Bonchev–Trinajstić information content (AvgIpc) is 2.38. The molecule has 0 atom stereocenters. The first kappa shape index (κ1) is 11.9. The molecule has 17 heavy (non-hydrogen) atoms. The maximum atomic E-state index is 13.5. The number of hydrogen-bond donors (Lipinski definition) is 1. The van der Waals surface area contributed by atoms with E-state index in [0.717, 1.165) is 11.3 Å². The summed E-state index contributed by atoms with van der Waals surface area (Å²) in [5, 5.41) is 3.16. The lowest BCUT2D eigenvalue weighted by Gasteiger charge is -2.07. The van der Waals surface area contributed by atoms with Crippen LogP contribution in [0.3, 0.4) is 0 Å². The summed E-state index contributed by atoms with van der Waals surface area (Å²) in [4.78, 5) is 4.69. The molecule has 2 aromatic rings. The summed E-state index contributed by atoms with van der Waals surface area (Å²) in [6.07, 6.45) is 5.39. The lowest BCUT2D eigenvalue weighted by atomic mass is 10.2. The third-order valence-corrected chi connectivity index (χ3v) is 3.14. The Morgan fingerprint density at radius 3 is 2.88 bits per heavy atom. The molecule has 1 aromatic heterocycles. The van der Waals surface area contributed by atoms with Gasteiger partial charge in [0.2, 0.25) is 0 Å². The average molecular weight is 248 g/mol. The van der Waals surface area contributed by atoms with Crippen molar-refractivity contribution in [1.82, 2.24) is 4.98 Å². The van der Waals surface area contributed by atoms with Crippen LogP contribution in [0.1, 0.15) is 5.56 Å². The molecule has 0 aliphatic heterocycles. The van der Waals surface area contributed by atoms with Gasteiger partial charge in [-0.2, -0.15) is 0 Å². The molecule has 0 saturated carbocycles. The number of halogens is 1. The Bertz CT molecular complexity index is 488.